The first-order valence-corrected chi connectivity index (χ1v) is 6.22. The van der Waals surface area contributed by atoms with Crippen LogP contribution in [0.15, 0.2) is 53.0 Å². The summed E-state index contributed by atoms with van der Waals surface area (Å²) in [5.41, 5.74) is 2.10. The molecule has 3 heteroatoms. The third-order valence-corrected chi connectivity index (χ3v) is 3.07. The Morgan fingerprint density at radius 2 is 1.82 bits per heavy atom. The maximum Gasteiger partial charge on any atom is 0.123 e. The Bertz CT molecular complexity index is 496. The molecular formula is C14H13BrFN. The molecule has 2 aromatic rings. The van der Waals surface area contributed by atoms with Crippen molar-refractivity contribution < 1.29 is 4.39 Å². The molecule has 1 atom stereocenters. The van der Waals surface area contributed by atoms with Crippen LogP contribution in [0.1, 0.15) is 18.5 Å². The van der Waals surface area contributed by atoms with Gasteiger partial charge in [-0.25, -0.2) is 4.39 Å². The van der Waals surface area contributed by atoms with E-state index in [9.17, 15) is 4.39 Å². The second-order valence-corrected chi connectivity index (χ2v) is 4.84. The highest BCUT2D eigenvalue weighted by Crippen LogP contribution is 2.22. The second-order valence-electron chi connectivity index (χ2n) is 3.93. The van der Waals surface area contributed by atoms with E-state index in [0.29, 0.717) is 0 Å². The molecule has 1 unspecified atom stereocenters. The van der Waals surface area contributed by atoms with Crippen LogP contribution in [0.25, 0.3) is 0 Å². The predicted molar refractivity (Wildman–Crippen MR) is 72.6 cm³/mol. The maximum absolute atomic E-state index is 12.8. The number of halogens is 2. The lowest BCUT2D eigenvalue weighted by atomic mass is 10.1. The topological polar surface area (TPSA) is 12.0 Å². The molecule has 0 radical (unpaired) electrons. The first kappa shape index (κ1) is 12.1. The average Bonchev–Trinajstić information content (AvgIpc) is 2.29. The van der Waals surface area contributed by atoms with Crippen LogP contribution in [-0.2, 0) is 0 Å². The Labute approximate surface area is 109 Å². The van der Waals surface area contributed by atoms with Crippen molar-refractivity contribution in [3.05, 3.63) is 64.4 Å². The van der Waals surface area contributed by atoms with Gasteiger partial charge in [0.25, 0.3) is 0 Å². The Morgan fingerprint density at radius 1 is 1.12 bits per heavy atom. The van der Waals surface area contributed by atoms with Crippen molar-refractivity contribution in [1.82, 2.24) is 0 Å². The van der Waals surface area contributed by atoms with Gasteiger partial charge < -0.3 is 5.32 Å². The molecule has 0 aliphatic rings. The fraction of sp³-hybridized carbons (Fsp3) is 0.143. The number of anilines is 1. The van der Waals surface area contributed by atoms with E-state index < -0.39 is 0 Å². The van der Waals surface area contributed by atoms with Crippen molar-refractivity contribution in [3.63, 3.8) is 0 Å². The van der Waals surface area contributed by atoms with E-state index >= 15 is 0 Å². The fourth-order valence-electron chi connectivity index (χ4n) is 1.66. The van der Waals surface area contributed by atoms with E-state index in [1.165, 1.54) is 12.1 Å². The molecule has 17 heavy (non-hydrogen) atoms. The van der Waals surface area contributed by atoms with E-state index in [2.05, 4.69) is 21.2 Å². The zero-order valence-electron chi connectivity index (χ0n) is 9.45. The standard InChI is InChI=1S/C14H13BrFN/c1-10(11-5-7-13(16)8-6-11)17-14-4-2-3-12(15)9-14/h2-10,17H,1H3. The van der Waals surface area contributed by atoms with E-state index in [4.69, 9.17) is 0 Å². The number of rotatable bonds is 3. The molecule has 0 fully saturated rings. The summed E-state index contributed by atoms with van der Waals surface area (Å²) in [4.78, 5) is 0. The molecule has 0 aliphatic heterocycles. The van der Waals surface area contributed by atoms with Crippen LogP contribution >= 0.6 is 15.9 Å². The summed E-state index contributed by atoms with van der Waals surface area (Å²) in [6, 6.07) is 14.7. The Kier molecular flexibility index (Phi) is 3.79. The Hall–Kier alpha value is -1.35. The molecule has 0 amide bonds. The predicted octanol–water partition coefficient (Wildman–Crippen LogP) is 4.76. The van der Waals surface area contributed by atoms with Crippen molar-refractivity contribution in [2.24, 2.45) is 0 Å². The highest BCUT2D eigenvalue weighted by Gasteiger charge is 2.05. The molecule has 0 bridgehead atoms. The van der Waals surface area contributed by atoms with Gasteiger partial charge in [0, 0.05) is 16.2 Å². The van der Waals surface area contributed by atoms with Crippen molar-refractivity contribution in [2.75, 3.05) is 5.32 Å². The largest absolute Gasteiger partial charge is 0.378 e. The molecule has 0 aromatic heterocycles. The Balaban J connectivity index is 2.11. The van der Waals surface area contributed by atoms with Crippen LogP contribution in [0, 0.1) is 5.82 Å². The van der Waals surface area contributed by atoms with Crippen LogP contribution in [0.4, 0.5) is 10.1 Å². The number of nitrogens with one attached hydrogen (secondary N) is 1. The molecule has 0 aliphatic carbocycles. The minimum atomic E-state index is -0.205. The molecule has 1 N–H and O–H groups in total. The summed E-state index contributed by atoms with van der Waals surface area (Å²) in [7, 11) is 0. The molecule has 2 rings (SSSR count). The lowest BCUT2D eigenvalue weighted by Gasteiger charge is -2.15. The van der Waals surface area contributed by atoms with Crippen molar-refractivity contribution in [3.8, 4) is 0 Å². The zero-order valence-corrected chi connectivity index (χ0v) is 11.0. The third kappa shape index (κ3) is 3.30. The lowest BCUT2D eigenvalue weighted by molar-refractivity contribution is 0.626. The summed E-state index contributed by atoms with van der Waals surface area (Å²) in [5, 5.41) is 3.37. The van der Waals surface area contributed by atoms with Crippen molar-refractivity contribution in [1.29, 1.82) is 0 Å². The highest BCUT2D eigenvalue weighted by molar-refractivity contribution is 9.10. The smallest absolute Gasteiger partial charge is 0.123 e. The third-order valence-electron chi connectivity index (χ3n) is 2.58. The van der Waals surface area contributed by atoms with Gasteiger partial charge in [0.1, 0.15) is 5.82 Å². The molecule has 2 aromatic carbocycles. The van der Waals surface area contributed by atoms with Gasteiger partial charge in [-0.05, 0) is 42.8 Å². The SMILES string of the molecule is CC(Nc1cccc(Br)c1)c1ccc(F)cc1. The molecule has 88 valence electrons. The van der Waals surface area contributed by atoms with Crippen molar-refractivity contribution >= 4 is 21.6 Å². The number of benzene rings is 2. The minimum absolute atomic E-state index is 0.143. The number of hydrogen-bond acceptors (Lipinski definition) is 1. The van der Waals surface area contributed by atoms with Crippen LogP contribution < -0.4 is 5.32 Å². The molecule has 0 heterocycles. The van der Waals surface area contributed by atoms with Gasteiger partial charge in [-0.2, -0.15) is 0 Å². The monoisotopic (exact) mass is 293 g/mol. The van der Waals surface area contributed by atoms with E-state index in [1.54, 1.807) is 12.1 Å². The molecule has 0 saturated heterocycles. The van der Waals surface area contributed by atoms with Crippen LogP contribution in [0.5, 0.6) is 0 Å². The van der Waals surface area contributed by atoms with Crippen molar-refractivity contribution in [2.45, 2.75) is 13.0 Å². The first-order valence-electron chi connectivity index (χ1n) is 5.43. The van der Waals surface area contributed by atoms with Gasteiger partial charge in [-0.1, -0.05) is 34.1 Å². The average molecular weight is 294 g/mol. The summed E-state index contributed by atoms with van der Waals surface area (Å²) >= 11 is 3.43. The molecule has 0 spiro atoms. The lowest BCUT2D eigenvalue weighted by Crippen LogP contribution is -2.06. The van der Waals surface area contributed by atoms with Crippen LogP contribution in [0.3, 0.4) is 0 Å². The van der Waals surface area contributed by atoms with Gasteiger partial charge in [-0.15, -0.1) is 0 Å². The summed E-state index contributed by atoms with van der Waals surface area (Å²) in [6.45, 7) is 2.05. The summed E-state index contributed by atoms with van der Waals surface area (Å²) < 4.78 is 13.8. The van der Waals surface area contributed by atoms with Gasteiger partial charge in [0.2, 0.25) is 0 Å². The van der Waals surface area contributed by atoms with E-state index in [1.807, 2.05) is 31.2 Å². The molecule has 0 saturated carbocycles. The first-order chi connectivity index (χ1) is 8.15. The summed E-state index contributed by atoms with van der Waals surface area (Å²) in [6.07, 6.45) is 0. The second kappa shape index (κ2) is 5.32. The Morgan fingerprint density at radius 3 is 2.47 bits per heavy atom. The molecular weight excluding hydrogens is 281 g/mol. The fourth-order valence-corrected chi connectivity index (χ4v) is 2.06. The van der Waals surface area contributed by atoms with Gasteiger partial charge in [0.15, 0.2) is 0 Å². The van der Waals surface area contributed by atoms with Gasteiger partial charge in [-0.3, -0.25) is 0 Å². The van der Waals surface area contributed by atoms with E-state index in [0.717, 1.165) is 15.7 Å². The van der Waals surface area contributed by atoms with E-state index in [-0.39, 0.29) is 11.9 Å². The van der Waals surface area contributed by atoms with Crippen LogP contribution in [0.2, 0.25) is 0 Å². The maximum atomic E-state index is 12.8. The summed E-state index contributed by atoms with van der Waals surface area (Å²) in [5.74, 6) is -0.205. The molecule has 1 nitrogen and oxygen atoms in total. The van der Waals surface area contributed by atoms with Crippen LogP contribution in [-0.4, -0.2) is 0 Å². The zero-order chi connectivity index (χ0) is 12.3. The highest BCUT2D eigenvalue weighted by atomic mass is 79.9. The minimum Gasteiger partial charge on any atom is -0.378 e. The number of hydrogen-bond donors (Lipinski definition) is 1. The quantitative estimate of drug-likeness (QED) is 0.860. The van der Waals surface area contributed by atoms with Gasteiger partial charge >= 0.3 is 0 Å². The van der Waals surface area contributed by atoms with Gasteiger partial charge in [0.05, 0.1) is 0 Å². The normalized spacial score (nSPS) is 12.2.